The molecule has 7 heteroatoms. The van der Waals surface area contributed by atoms with Crippen LogP contribution in [0.5, 0.6) is 0 Å². The normalized spacial score (nSPS) is 9.23. The van der Waals surface area contributed by atoms with Crippen LogP contribution >= 0.6 is 0 Å². The molecule has 7 nitrogen and oxygen atoms in total. The van der Waals surface area contributed by atoms with E-state index in [0.717, 1.165) is 0 Å². The minimum absolute atomic E-state index is 0.527. The highest BCUT2D eigenvalue weighted by Gasteiger charge is 1.99. The molecule has 0 saturated heterocycles. The molecule has 0 aromatic carbocycles. The highest BCUT2D eigenvalue weighted by Crippen LogP contribution is 1.73. The quantitative estimate of drug-likeness (QED) is 0.450. The zero-order valence-electron chi connectivity index (χ0n) is 6.57. The average Bonchev–Trinajstić information content (AvgIpc) is 2.00. The molecule has 0 atom stereocenters. The number of hydrogen-bond acceptors (Lipinski definition) is 6. The summed E-state index contributed by atoms with van der Waals surface area (Å²) in [4.78, 5) is 30.2. The van der Waals surface area contributed by atoms with Crippen molar-refractivity contribution in [2.75, 3.05) is 19.8 Å². The van der Waals surface area contributed by atoms with E-state index in [9.17, 15) is 24.6 Å². The van der Waals surface area contributed by atoms with E-state index in [1.54, 1.807) is 0 Å². The second kappa shape index (κ2) is 5.95. The first-order valence-electron chi connectivity index (χ1n) is 3.26. The zero-order valence-corrected chi connectivity index (χ0v) is 6.57. The topological polar surface area (TPSA) is 119 Å². The molecule has 0 aromatic rings. The molecule has 0 aliphatic rings. The molecule has 0 fully saturated rings. The van der Waals surface area contributed by atoms with Crippen molar-refractivity contribution in [2.24, 2.45) is 0 Å². The molecule has 0 bridgehead atoms. The van der Waals surface area contributed by atoms with Crippen molar-refractivity contribution in [1.82, 2.24) is 5.32 Å². The summed E-state index contributed by atoms with van der Waals surface area (Å²) in [5.74, 6) is -3.62. The third kappa shape index (κ3) is 8.27. The van der Waals surface area contributed by atoms with E-state index in [-0.39, 0.29) is 0 Å². The minimum Gasteiger partial charge on any atom is -0.548 e. The summed E-state index contributed by atoms with van der Waals surface area (Å²) in [5.41, 5.74) is 0. The Balaban J connectivity index is 3.41. The van der Waals surface area contributed by atoms with Crippen LogP contribution in [0.15, 0.2) is 0 Å². The maximum Gasteiger partial charge on any atom is 0.246 e. The van der Waals surface area contributed by atoms with Gasteiger partial charge in [-0.2, -0.15) is 0 Å². The largest absolute Gasteiger partial charge is 0.548 e. The van der Waals surface area contributed by atoms with Gasteiger partial charge in [0.15, 0.2) is 0 Å². The second-order valence-electron chi connectivity index (χ2n) is 2.01. The summed E-state index contributed by atoms with van der Waals surface area (Å²) in [7, 11) is 0. The van der Waals surface area contributed by atoms with Crippen molar-refractivity contribution in [3.8, 4) is 0 Å². The molecular weight excluding hydrogens is 182 g/mol. The monoisotopic (exact) mass is 189 g/mol. The van der Waals surface area contributed by atoms with E-state index >= 15 is 0 Å². The number of carboxylic acids is 2. The van der Waals surface area contributed by atoms with Gasteiger partial charge in [-0.25, -0.2) is 0 Å². The van der Waals surface area contributed by atoms with Crippen molar-refractivity contribution in [3.63, 3.8) is 0 Å². The van der Waals surface area contributed by atoms with Crippen LogP contribution in [0.1, 0.15) is 0 Å². The maximum absolute atomic E-state index is 10.6. The van der Waals surface area contributed by atoms with Crippen LogP contribution in [-0.2, 0) is 19.1 Å². The average molecular weight is 189 g/mol. The van der Waals surface area contributed by atoms with Crippen LogP contribution in [0.2, 0.25) is 0 Å². The summed E-state index contributed by atoms with van der Waals surface area (Å²) < 4.78 is 4.30. The Morgan fingerprint density at radius 3 is 2.15 bits per heavy atom. The molecule has 0 spiro atoms. The van der Waals surface area contributed by atoms with Crippen LogP contribution in [0.25, 0.3) is 0 Å². The molecule has 0 heterocycles. The van der Waals surface area contributed by atoms with Gasteiger partial charge in [-0.05, 0) is 0 Å². The summed E-state index contributed by atoms with van der Waals surface area (Å²) >= 11 is 0. The van der Waals surface area contributed by atoms with Crippen molar-refractivity contribution < 1.29 is 29.3 Å². The first-order valence-corrected chi connectivity index (χ1v) is 3.26. The predicted octanol–water partition coefficient (Wildman–Crippen LogP) is -4.38. The smallest absolute Gasteiger partial charge is 0.246 e. The van der Waals surface area contributed by atoms with Crippen molar-refractivity contribution in [3.05, 3.63) is 0 Å². The van der Waals surface area contributed by atoms with E-state index in [1.165, 1.54) is 0 Å². The van der Waals surface area contributed by atoms with E-state index in [1.807, 2.05) is 5.32 Å². The number of hydrogen-bond donors (Lipinski definition) is 1. The summed E-state index contributed by atoms with van der Waals surface area (Å²) in [6.07, 6.45) is 0. The number of rotatable bonds is 6. The SMILES string of the molecule is O=C([O-])CNC(=O)COCC(=O)[O-]. The van der Waals surface area contributed by atoms with Gasteiger partial charge >= 0.3 is 0 Å². The van der Waals surface area contributed by atoms with Crippen LogP contribution in [0.3, 0.4) is 0 Å². The van der Waals surface area contributed by atoms with Crippen LogP contribution < -0.4 is 15.5 Å². The van der Waals surface area contributed by atoms with Gasteiger partial charge in [0.05, 0.1) is 25.1 Å². The Morgan fingerprint density at radius 2 is 1.69 bits per heavy atom. The Morgan fingerprint density at radius 1 is 1.08 bits per heavy atom. The lowest BCUT2D eigenvalue weighted by Gasteiger charge is -2.06. The fraction of sp³-hybridized carbons (Fsp3) is 0.500. The number of ether oxygens (including phenoxy) is 1. The van der Waals surface area contributed by atoms with E-state index in [4.69, 9.17) is 0 Å². The van der Waals surface area contributed by atoms with E-state index in [0.29, 0.717) is 0 Å². The first-order chi connectivity index (χ1) is 6.02. The van der Waals surface area contributed by atoms with E-state index < -0.39 is 37.6 Å². The Kier molecular flexibility index (Phi) is 5.20. The van der Waals surface area contributed by atoms with Crippen LogP contribution in [-0.4, -0.2) is 37.6 Å². The fourth-order valence-electron chi connectivity index (χ4n) is 0.449. The molecule has 0 saturated carbocycles. The molecule has 0 aliphatic heterocycles. The fourth-order valence-corrected chi connectivity index (χ4v) is 0.449. The molecule has 0 unspecified atom stereocenters. The lowest BCUT2D eigenvalue weighted by Crippen LogP contribution is -2.39. The number of amides is 1. The molecule has 0 radical (unpaired) electrons. The third-order valence-corrected chi connectivity index (χ3v) is 0.883. The Bertz CT molecular complexity index is 213. The second-order valence-corrected chi connectivity index (χ2v) is 2.01. The molecular formula is C6H7NO6-2. The molecule has 1 N–H and O–H groups in total. The minimum atomic E-state index is -1.45. The lowest BCUT2D eigenvalue weighted by molar-refractivity contribution is -0.309. The molecule has 1 amide bonds. The van der Waals surface area contributed by atoms with Gasteiger partial charge in [-0.15, -0.1) is 0 Å². The van der Waals surface area contributed by atoms with Crippen molar-refractivity contribution >= 4 is 17.8 Å². The number of carbonyl (C=O) groups is 3. The van der Waals surface area contributed by atoms with Crippen molar-refractivity contribution in [2.45, 2.75) is 0 Å². The third-order valence-electron chi connectivity index (χ3n) is 0.883. The van der Waals surface area contributed by atoms with Crippen molar-refractivity contribution in [1.29, 1.82) is 0 Å². The molecule has 13 heavy (non-hydrogen) atoms. The molecule has 74 valence electrons. The molecule has 0 aromatic heterocycles. The van der Waals surface area contributed by atoms with Gasteiger partial charge in [0.2, 0.25) is 5.91 Å². The number of carboxylic acid groups (broad SMARTS) is 2. The molecule has 0 aliphatic carbocycles. The molecule has 0 rings (SSSR count). The lowest BCUT2D eigenvalue weighted by atomic mass is 10.5. The number of carbonyl (C=O) groups excluding carboxylic acids is 3. The number of nitrogens with one attached hydrogen (secondary N) is 1. The van der Waals surface area contributed by atoms with Gasteiger partial charge in [-0.3, -0.25) is 4.79 Å². The predicted molar refractivity (Wildman–Crippen MR) is 33.8 cm³/mol. The maximum atomic E-state index is 10.6. The highest BCUT2D eigenvalue weighted by atomic mass is 16.5. The summed E-state index contributed by atoms with van der Waals surface area (Å²) in [5, 5.41) is 21.5. The Labute approximate surface area is 73.3 Å². The first kappa shape index (κ1) is 11.4. The van der Waals surface area contributed by atoms with Crippen LogP contribution in [0, 0.1) is 0 Å². The standard InChI is InChI=1S/C6H9NO6/c8-4(7-1-5(9)10)2-13-3-6(11)12/h1-3H2,(H,7,8)(H,9,10)(H,11,12)/p-2. The zero-order chi connectivity index (χ0) is 10.3. The number of aliphatic carboxylic acids is 2. The van der Waals surface area contributed by atoms with Gasteiger partial charge in [0.1, 0.15) is 6.61 Å². The van der Waals surface area contributed by atoms with Gasteiger partial charge in [0.25, 0.3) is 0 Å². The van der Waals surface area contributed by atoms with E-state index in [2.05, 4.69) is 4.74 Å². The highest BCUT2D eigenvalue weighted by molar-refractivity contribution is 5.81. The summed E-state index contributed by atoms with van der Waals surface area (Å²) in [6, 6.07) is 0. The Hall–Kier alpha value is -1.63. The van der Waals surface area contributed by atoms with Gasteiger partial charge in [0, 0.05) is 0 Å². The van der Waals surface area contributed by atoms with Gasteiger partial charge in [-0.1, -0.05) is 0 Å². The van der Waals surface area contributed by atoms with Crippen LogP contribution in [0.4, 0.5) is 0 Å². The van der Waals surface area contributed by atoms with Gasteiger partial charge < -0.3 is 29.9 Å². The summed E-state index contributed by atoms with van der Waals surface area (Å²) in [6.45, 7) is -1.87.